The molecule has 0 saturated heterocycles. The Balaban J connectivity index is 2.25. The Labute approximate surface area is 116 Å². The van der Waals surface area contributed by atoms with Crippen LogP contribution in [0.4, 0.5) is 0 Å². The Morgan fingerprint density at radius 1 is 1.11 bits per heavy atom. The van der Waals surface area contributed by atoms with E-state index >= 15 is 0 Å². The first-order chi connectivity index (χ1) is 8.58. The van der Waals surface area contributed by atoms with Gasteiger partial charge in [0.15, 0.2) is 5.78 Å². The van der Waals surface area contributed by atoms with Crippen LogP contribution in [0.1, 0.15) is 27.0 Å². The first-order valence-electron chi connectivity index (χ1n) is 5.92. The predicted molar refractivity (Wildman–Crippen MR) is 78.1 cm³/mol. The van der Waals surface area contributed by atoms with Gasteiger partial charge in [0.1, 0.15) is 0 Å². The van der Waals surface area contributed by atoms with Gasteiger partial charge in [0.2, 0.25) is 0 Å². The number of hydrogen-bond acceptors (Lipinski definition) is 1. The van der Waals surface area contributed by atoms with Crippen molar-refractivity contribution in [2.75, 3.05) is 0 Å². The molecule has 0 spiro atoms. The molecule has 92 valence electrons. The number of ketones is 1. The minimum atomic E-state index is 0.149. The fourth-order valence-electron chi connectivity index (χ4n) is 1.92. The Morgan fingerprint density at radius 3 is 2.50 bits per heavy atom. The van der Waals surface area contributed by atoms with Crippen LogP contribution in [0, 0.1) is 13.8 Å². The van der Waals surface area contributed by atoms with Crippen molar-refractivity contribution in [3.63, 3.8) is 0 Å². The predicted octanol–water partition coefficient (Wildman–Crippen LogP) is 4.49. The van der Waals surface area contributed by atoms with E-state index in [9.17, 15) is 4.79 Å². The number of halogens is 1. The summed E-state index contributed by atoms with van der Waals surface area (Å²) in [6, 6.07) is 13.8. The summed E-state index contributed by atoms with van der Waals surface area (Å²) in [7, 11) is 0. The summed E-state index contributed by atoms with van der Waals surface area (Å²) in [6.45, 7) is 4.05. The molecule has 0 radical (unpaired) electrons. The van der Waals surface area contributed by atoms with Crippen LogP contribution >= 0.6 is 15.9 Å². The molecule has 0 saturated carbocycles. The maximum absolute atomic E-state index is 12.3. The van der Waals surface area contributed by atoms with E-state index in [4.69, 9.17) is 0 Å². The lowest BCUT2D eigenvalue weighted by molar-refractivity contribution is 0.0992. The zero-order chi connectivity index (χ0) is 13.1. The van der Waals surface area contributed by atoms with E-state index in [-0.39, 0.29) is 5.78 Å². The van der Waals surface area contributed by atoms with Gasteiger partial charge in [-0.3, -0.25) is 4.79 Å². The third kappa shape index (κ3) is 2.88. The first kappa shape index (κ1) is 13.0. The van der Waals surface area contributed by atoms with Crippen LogP contribution in [0.2, 0.25) is 0 Å². The maximum atomic E-state index is 12.3. The van der Waals surface area contributed by atoms with Gasteiger partial charge in [-0.05, 0) is 42.7 Å². The van der Waals surface area contributed by atoms with Crippen molar-refractivity contribution in [3.8, 4) is 0 Å². The molecule has 0 aliphatic carbocycles. The van der Waals surface area contributed by atoms with E-state index in [1.807, 2.05) is 56.3 Å². The number of carbonyl (C=O) groups excluding carboxylic acids is 1. The van der Waals surface area contributed by atoms with Crippen molar-refractivity contribution in [1.82, 2.24) is 0 Å². The van der Waals surface area contributed by atoms with Gasteiger partial charge in [-0.1, -0.05) is 46.3 Å². The van der Waals surface area contributed by atoms with Crippen molar-refractivity contribution in [2.45, 2.75) is 20.3 Å². The highest BCUT2D eigenvalue weighted by Crippen LogP contribution is 2.21. The second-order valence-corrected chi connectivity index (χ2v) is 5.36. The molecule has 18 heavy (non-hydrogen) atoms. The molecule has 0 aliphatic heterocycles. The molecule has 0 unspecified atom stereocenters. The molecule has 0 aromatic heterocycles. The third-order valence-electron chi connectivity index (χ3n) is 3.04. The summed E-state index contributed by atoms with van der Waals surface area (Å²) in [4.78, 5) is 12.3. The van der Waals surface area contributed by atoms with Crippen LogP contribution in [0.25, 0.3) is 0 Å². The van der Waals surface area contributed by atoms with Gasteiger partial charge >= 0.3 is 0 Å². The number of aryl methyl sites for hydroxylation is 2. The van der Waals surface area contributed by atoms with Crippen molar-refractivity contribution in [3.05, 3.63) is 69.2 Å². The zero-order valence-corrected chi connectivity index (χ0v) is 12.1. The molecule has 2 aromatic rings. The Kier molecular flexibility index (Phi) is 3.97. The fourth-order valence-corrected chi connectivity index (χ4v) is 2.64. The summed E-state index contributed by atoms with van der Waals surface area (Å²) in [6.07, 6.45) is 0.453. The average Bonchev–Trinajstić information content (AvgIpc) is 2.32. The summed E-state index contributed by atoms with van der Waals surface area (Å²) >= 11 is 3.46. The van der Waals surface area contributed by atoms with Gasteiger partial charge in [-0.15, -0.1) is 0 Å². The molecular formula is C16H15BrO. The Bertz CT molecular complexity index is 587. The molecule has 2 heteroatoms. The lowest BCUT2D eigenvalue weighted by Gasteiger charge is -2.07. The van der Waals surface area contributed by atoms with Crippen LogP contribution in [0.15, 0.2) is 46.9 Å². The molecule has 1 nitrogen and oxygen atoms in total. The Hall–Kier alpha value is -1.41. The molecule has 2 aromatic carbocycles. The van der Waals surface area contributed by atoms with Gasteiger partial charge in [0.05, 0.1) is 0 Å². The second kappa shape index (κ2) is 5.49. The van der Waals surface area contributed by atoms with Crippen LogP contribution in [0.5, 0.6) is 0 Å². The molecule has 0 heterocycles. The molecule has 0 bridgehead atoms. The monoisotopic (exact) mass is 302 g/mol. The molecule has 0 amide bonds. The van der Waals surface area contributed by atoms with Crippen LogP contribution < -0.4 is 0 Å². The minimum Gasteiger partial charge on any atom is -0.294 e. The average molecular weight is 303 g/mol. The van der Waals surface area contributed by atoms with E-state index in [0.29, 0.717) is 6.42 Å². The van der Waals surface area contributed by atoms with E-state index in [1.54, 1.807) is 0 Å². The normalized spacial score (nSPS) is 10.4. The van der Waals surface area contributed by atoms with E-state index in [0.717, 1.165) is 26.7 Å². The Morgan fingerprint density at radius 2 is 1.83 bits per heavy atom. The quantitative estimate of drug-likeness (QED) is 0.763. The van der Waals surface area contributed by atoms with Gasteiger partial charge in [0, 0.05) is 16.5 Å². The van der Waals surface area contributed by atoms with Crippen LogP contribution in [0.3, 0.4) is 0 Å². The first-order valence-corrected chi connectivity index (χ1v) is 6.71. The molecular weight excluding hydrogens is 288 g/mol. The highest BCUT2D eigenvalue weighted by atomic mass is 79.9. The molecule has 0 fully saturated rings. The third-order valence-corrected chi connectivity index (χ3v) is 3.69. The summed E-state index contributed by atoms with van der Waals surface area (Å²) in [5.41, 5.74) is 4.15. The smallest absolute Gasteiger partial charge is 0.168 e. The molecule has 0 atom stereocenters. The fraction of sp³-hybridized carbons (Fsp3) is 0.188. The second-order valence-electron chi connectivity index (χ2n) is 4.51. The maximum Gasteiger partial charge on any atom is 0.168 e. The lowest BCUT2D eigenvalue weighted by atomic mass is 9.99. The number of Topliss-reactive ketones (excluding diaryl/α,β-unsaturated/α-hetero) is 1. The molecule has 2 rings (SSSR count). The van der Waals surface area contributed by atoms with Gasteiger partial charge in [-0.25, -0.2) is 0 Å². The summed E-state index contributed by atoms with van der Waals surface area (Å²) in [5, 5.41) is 0. The van der Waals surface area contributed by atoms with Gasteiger partial charge in [0.25, 0.3) is 0 Å². The van der Waals surface area contributed by atoms with Crippen molar-refractivity contribution in [1.29, 1.82) is 0 Å². The summed E-state index contributed by atoms with van der Waals surface area (Å²) < 4.78 is 0.876. The van der Waals surface area contributed by atoms with Crippen LogP contribution in [-0.4, -0.2) is 5.78 Å². The van der Waals surface area contributed by atoms with Crippen molar-refractivity contribution >= 4 is 21.7 Å². The SMILES string of the molecule is Cc1ccc(C(=O)Cc2ccccc2C)c(Br)c1. The van der Waals surface area contributed by atoms with E-state index in [2.05, 4.69) is 15.9 Å². The van der Waals surface area contributed by atoms with Gasteiger partial charge in [-0.2, -0.15) is 0 Å². The highest BCUT2D eigenvalue weighted by Gasteiger charge is 2.11. The molecule has 0 N–H and O–H groups in total. The van der Waals surface area contributed by atoms with E-state index in [1.165, 1.54) is 0 Å². The van der Waals surface area contributed by atoms with Crippen molar-refractivity contribution < 1.29 is 4.79 Å². The van der Waals surface area contributed by atoms with E-state index < -0.39 is 0 Å². The minimum absolute atomic E-state index is 0.149. The number of benzene rings is 2. The number of carbonyl (C=O) groups is 1. The number of rotatable bonds is 3. The largest absolute Gasteiger partial charge is 0.294 e. The van der Waals surface area contributed by atoms with Gasteiger partial charge < -0.3 is 0 Å². The zero-order valence-electron chi connectivity index (χ0n) is 10.5. The molecule has 0 aliphatic rings. The topological polar surface area (TPSA) is 17.1 Å². The highest BCUT2D eigenvalue weighted by molar-refractivity contribution is 9.10. The number of hydrogen-bond donors (Lipinski definition) is 0. The van der Waals surface area contributed by atoms with Crippen LogP contribution in [-0.2, 0) is 6.42 Å². The summed E-state index contributed by atoms with van der Waals surface area (Å²) in [5.74, 6) is 0.149. The standard InChI is InChI=1S/C16H15BrO/c1-11-7-8-14(15(17)9-11)16(18)10-13-6-4-3-5-12(13)2/h3-9H,10H2,1-2H3. The lowest BCUT2D eigenvalue weighted by Crippen LogP contribution is -2.05. The van der Waals surface area contributed by atoms with Crippen molar-refractivity contribution in [2.24, 2.45) is 0 Å².